The molecule has 1 saturated carbocycles. The standard InChI is InChI=1S/C26H34O5/c1-25(2,3)31-24(27)19-29-15-9-10-20-17-26(18-20,28-4)21-11-8-14-23(16-21)30-22-12-6-5-7-13-22/h5-8,11-14,16,20H,9-10,15,17-19H2,1-4H3. The smallest absolute Gasteiger partial charge is 0.332 e. The monoisotopic (exact) mass is 426 g/mol. The van der Waals surface area contributed by atoms with Gasteiger partial charge in [-0.25, -0.2) is 4.79 Å². The Morgan fingerprint density at radius 1 is 1.03 bits per heavy atom. The largest absolute Gasteiger partial charge is 0.458 e. The molecule has 2 aromatic carbocycles. The molecule has 31 heavy (non-hydrogen) atoms. The Bertz CT molecular complexity index is 834. The number of carbonyl (C=O) groups is 1. The Morgan fingerprint density at radius 3 is 2.42 bits per heavy atom. The molecule has 0 radical (unpaired) electrons. The van der Waals surface area contributed by atoms with Crippen molar-refractivity contribution >= 4 is 5.97 Å². The van der Waals surface area contributed by atoms with Crippen LogP contribution in [0.3, 0.4) is 0 Å². The van der Waals surface area contributed by atoms with Crippen molar-refractivity contribution in [1.82, 2.24) is 0 Å². The number of hydrogen-bond donors (Lipinski definition) is 0. The van der Waals surface area contributed by atoms with Crippen molar-refractivity contribution in [3.63, 3.8) is 0 Å². The van der Waals surface area contributed by atoms with Crippen LogP contribution in [-0.2, 0) is 24.6 Å². The molecule has 5 heteroatoms. The zero-order valence-corrected chi connectivity index (χ0v) is 19.1. The van der Waals surface area contributed by atoms with E-state index in [0.29, 0.717) is 12.5 Å². The Kier molecular flexibility index (Phi) is 7.74. The molecule has 5 nitrogen and oxygen atoms in total. The lowest BCUT2D eigenvalue weighted by Gasteiger charge is -2.47. The van der Waals surface area contributed by atoms with Gasteiger partial charge in [-0.05, 0) is 82.2 Å². The van der Waals surface area contributed by atoms with E-state index < -0.39 is 5.60 Å². The molecule has 0 heterocycles. The SMILES string of the molecule is COC1(c2cccc(Oc3ccccc3)c2)CC(CCCOCC(=O)OC(C)(C)C)C1. The summed E-state index contributed by atoms with van der Waals surface area (Å²) in [4.78, 5) is 11.7. The number of para-hydroxylation sites is 1. The van der Waals surface area contributed by atoms with Gasteiger partial charge >= 0.3 is 5.97 Å². The van der Waals surface area contributed by atoms with Gasteiger partial charge in [0.05, 0.1) is 5.60 Å². The van der Waals surface area contributed by atoms with Gasteiger partial charge in [-0.15, -0.1) is 0 Å². The zero-order valence-electron chi connectivity index (χ0n) is 19.1. The fourth-order valence-corrected chi connectivity index (χ4v) is 4.07. The molecule has 0 aliphatic heterocycles. The first-order valence-electron chi connectivity index (χ1n) is 11.0. The second kappa shape index (κ2) is 10.3. The molecular formula is C26H34O5. The van der Waals surface area contributed by atoms with Gasteiger partial charge in [0.25, 0.3) is 0 Å². The third-order valence-electron chi connectivity index (χ3n) is 5.51. The number of methoxy groups -OCH3 is 1. The van der Waals surface area contributed by atoms with Crippen LogP contribution in [0, 0.1) is 5.92 Å². The average Bonchev–Trinajstić information content (AvgIpc) is 2.69. The topological polar surface area (TPSA) is 54.0 Å². The molecule has 1 aliphatic carbocycles. The molecule has 3 rings (SSSR count). The zero-order chi connectivity index (χ0) is 22.3. The van der Waals surface area contributed by atoms with Gasteiger partial charge < -0.3 is 18.9 Å². The first-order chi connectivity index (χ1) is 14.8. The maximum Gasteiger partial charge on any atom is 0.332 e. The minimum absolute atomic E-state index is 0.0121. The lowest BCUT2D eigenvalue weighted by atomic mass is 9.65. The number of ether oxygens (including phenoxy) is 4. The molecule has 0 amide bonds. The van der Waals surface area contributed by atoms with Gasteiger partial charge in [0, 0.05) is 13.7 Å². The molecule has 2 aromatic rings. The Hall–Kier alpha value is -2.37. The van der Waals surface area contributed by atoms with Crippen LogP contribution >= 0.6 is 0 Å². The quantitative estimate of drug-likeness (QED) is 0.351. The van der Waals surface area contributed by atoms with Crippen LogP contribution in [0.15, 0.2) is 54.6 Å². The predicted octanol–water partition coefficient (Wildman–Crippen LogP) is 5.87. The molecule has 0 N–H and O–H groups in total. The third-order valence-corrected chi connectivity index (χ3v) is 5.51. The van der Waals surface area contributed by atoms with E-state index >= 15 is 0 Å². The second-order valence-electron chi connectivity index (χ2n) is 9.20. The van der Waals surface area contributed by atoms with E-state index in [4.69, 9.17) is 18.9 Å². The first-order valence-corrected chi connectivity index (χ1v) is 11.0. The number of rotatable bonds is 10. The number of esters is 1. The summed E-state index contributed by atoms with van der Waals surface area (Å²) in [6, 6.07) is 18.0. The van der Waals surface area contributed by atoms with Crippen LogP contribution in [0.1, 0.15) is 52.0 Å². The van der Waals surface area contributed by atoms with Crippen molar-refractivity contribution in [2.45, 2.75) is 57.7 Å². The van der Waals surface area contributed by atoms with Gasteiger partial charge in [-0.1, -0.05) is 30.3 Å². The minimum Gasteiger partial charge on any atom is -0.458 e. The summed E-state index contributed by atoms with van der Waals surface area (Å²) in [5, 5.41) is 0. The highest BCUT2D eigenvalue weighted by Gasteiger charge is 2.45. The Labute approximate surface area is 185 Å². The van der Waals surface area contributed by atoms with Gasteiger partial charge in [0.1, 0.15) is 23.7 Å². The van der Waals surface area contributed by atoms with Crippen LogP contribution in [0.4, 0.5) is 0 Å². The van der Waals surface area contributed by atoms with Crippen molar-refractivity contribution in [3.05, 3.63) is 60.2 Å². The molecule has 1 fully saturated rings. The van der Waals surface area contributed by atoms with Gasteiger partial charge in [-0.3, -0.25) is 0 Å². The van der Waals surface area contributed by atoms with Crippen molar-refractivity contribution in [2.24, 2.45) is 5.92 Å². The summed E-state index contributed by atoms with van der Waals surface area (Å²) < 4.78 is 22.7. The molecule has 168 valence electrons. The highest BCUT2D eigenvalue weighted by atomic mass is 16.6. The van der Waals surface area contributed by atoms with Gasteiger partial charge in [0.15, 0.2) is 0 Å². The summed E-state index contributed by atoms with van der Waals surface area (Å²) in [5.41, 5.74) is 0.429. The van der Waals surface area contributed by atoms with E-state index in [1.165, 1.54) is 0 Å². The van der Waals surface area contributed by atoms with E-state index in [0.717, 1.165) is 42.7 Å². The molecule has 0 bridgehead atoms. The Balaban J connectivity index is 1.43. The normalized spacial score (nSPS) is 20.7. The molecule has 0 saturated heterocycles. The molecular weight excluding hydrogens is 392 g/mol. The summed E-state index contributed by atoms with van der Waals surface area (Å²) in [6.45, 7) is 6.14. The predicted molar refractivity (Wildman–Crippen MR) is 120 cm³/mol. The second-order valence-corrected chi connectivity index (χ2v) is 9.20. The van der Waals surface area contributed by atoms with Gasteiger partial charge in [0.2, 0.25) is 0 Å². The van der Waals surface area contributed by atoms with Crippen LogP contribution < -0.4 is 4.74 Å². The number of carbonyl (C=O) groups excluding carboxylic acids is 1. The first kappa shape index (κ1) is 23.3. The highest BCUT2D eigenvalue weighted by molar-refractivity contribution is 5.71. The van der Waals surface area contributed by atoms with Crippen molar-refractivity contribution in [3.8, 4) is 11.5 Å². The van der Waals surface area contributed by atoms with Crippen molar-refractivity contribution in [1.29, 1.82) is 0 Å². The number of benzene rings is 2. The van der Waals surface area contributed by atoms with E-state index in [9.17, 15) is 4.79 Å². The number of hydrogen-bond acceptors (Lipinski definition) is 5. The maximum absolute atomic E-state index is 11.7. The molecule has 0 unspecified atom stereocenters. The molecule has 1 aliphatic rings. The van der Waals surface area contributed by atoms with Gasteiger partial charge in [-0.2, -0.15) is 0 Å². The van der Waals surface area contributed by atoms with E-state index in [2.05, 4.69) is 12.1 Å². The fraction of sp³-hybridized carbons (Fsp3) is 0.500. The van der Waals surface area contributed by atoms with Crippen LogP contribution in [0.2, 0.25) is 0 Å². The van der Waals surface area contributed by atoms with Crippen LogP contribution in [0.25, 0.3) is 0 Å². The third kappa shape index (κ3) is 6.81. The highest BCUT2D eigenvalue weighted by Crippen LogP contribution is 2.50. The molecule has 0 aromatic heterocycles. The van der Waals surface area contributed by atoms with Crippen molar-refractivity contribution < 1.29 is 23.7 Å². The van der Waals surface area contributed by atoms with Crippen LogP contribution in [0.5, 0.6) is 11.5 Å². The lowest BCUT2D eigenvalue weighted by molar-refractivity contribution is -0.160. The summed E-state index contributed by atoms with van der Waals surface area (Å²) in [5.74, 6) is 1.92. The maximum atomic E-state index is 11.7. The lowest BCUT2D eigenvalue weighted by Crippen LogP contribution is -2.43. The Morgan fingerprint density at radius 2 is 1.74 bits per heavy atom. The molecule has 0 spiro atoms. The summed E-state index contributed by atoms with van der Waals surface area (Å²) in [7, 11) is 1.78. The summed E-state index contributed by atoms with van der Waals surface area (Å²) in [6.07, 6.45) is 3.93. The summed E-state index contributed by atoms with van der Waals surface area (Å²) >= 11 is 0. The average molecular weight is 427 g/mol. The minimum atomic E-state index is -0.473. The van der Waals surface area contributed by atoms with E-state index in [1.807, 2.05) is 63.2 Å². The van der Waals surface area contributed by atoms with Crippen molar-refractivity contribution in [2.75, 3.05) is 20.3 Å². The fourth-order valence-electron chi connectivity index (χ4n) is 4.07. The molecule has 0 atom stereocenters. The van der Waals surface area contributed by atoms with Crippen LogP contribution in [-0.4, -0.2) is 31.9 Å². The van der Waals surface area contributed by atoms with E-state index in [-0.39, 0.29) is 18.2 Å². The van der Waals surface area contributed by atoms with E-state index in [1.54, 1.807) is 7.11 Å².